The third-order valence-corrected chi connectivity index (χ3v) is 3.41. The zero-order valence-corrected chi connectivity index (χ0v) is 11.2. The summed E-state index contributed by atoms with van der Waals surface area (Å²) in [5.74, 6) is 0. The molecule has 0 aliphatic carbocycles. The van der Waals surface area contributed by atoms with E-state index in [2.05, 4.69) is 9.59 Å². The highest BCUT2D eigenvalue weighted by Crippen LogP contribution is 2.17. The van der Waals surface area contributed by atoms with Crippen molar-refractivity contribution in [1.82, 2.24) is 18.7 Å². The van der Waals surface area contributed by atoms with Gasteiger partial charge in [0.1, 0.15) is 10.0 Å². The van der Waals surface area contributed by atoms with Crippen LogP contribution in [0.4, 0.5) is 0 Å². The quantitative estimate of drug-likeness (QED) is 0.840. The Bertz CT molecular complexity index is 660. The van der Waals surface area contributed by atoms with E-state index in [-0.39, 0.29) is 17.8 Å². The molecule has 0 amide bonds. The van der Waals surface area contributed by atoms with Crippen LogP contribution in [0.15, 0.2) is 21.9 Å². The lowest BCUT2D eigenvalue weighted by atomic mass is 10.4. The Balaban J connectivity index is 2.44. The van der Waals surface area contributed by atoms with Crippen LogP contribution < -0.4 is 11.2 Å². The first-order chi connectivity index (χ1) is 8.63. The van der Waals surface area contributed by atoms with Gasteiger partial charge in [0.25, 0.3) is 5.56 Å². The first-order valence-corrected chi connectivity index (χ1v) is 6.55. The van der Waals surface area contributed by atoms with Gasteiger partial charge in [0.15, 0.2) is 0 Å². The van der Waals surface area contributed by atoms with Crippen molar-refractivity contribution in [1.29, 1.82) is 0 Å². The fourth-order valence-electron chi connectivity index (χ4n) is 1.55. The fourth-order valence-corrected chi connectivity index (χ4v) is 2.17. The minimum atomic E-state index is -0.364. The molecule has 2 rings (SSSR count). The molecule has 0 saturated heterocycles. The van der Waals surface area contributed by atoms with E-state index in [9.17, 15) is 9.59 Å². The maximum atomic E-state index is 12.1. The number of hydrogen-bond acceptors (Lipinski definition) is 5. The van der Waals surface area contributed by atoms with Gasteiger partial charge >= 0.3 is 5.69 Å². The highest BCUT2D eigenvalue weighted by Gasteiger charge is 2.10. The van der Waals surface area contributed by atoms with Crippen LogP contribution in [-0.2, 0) is 13.1 Å². The molecule has 0 radical (unpaired) electrons. The lowest BCUT2D eigenvalue weighted by Crippen LogP contribution is -2.39. The van der Waals surface area contributed by atoms with E-state index >= 15 is 0 Å². The maximum Gasteiger partial charge on any atom is 0.331 e. The molecule has 0 aliphatic heterocycles. The zero-order valence-electron chi connectivity index (χ0n) is 9.67. The predicted octanol–water partition coefficient (Wildman–Crippen LogP) is 0.973. The molecule has 2 aromatic heterocycles. The second-order valence-corrected chi connectivity index (χ2v) is 5.07. The molecule has 0 saturated carbocycles. The zero-order chi connectivity index (χ0) is 13.1. The molecule has 0 fully saturated rings. The molecule has 2 aromatic rings. The smallest absolute Gasteiger partial charge is 0.300 e. The molecule has 8 heteroatoms. The molecule has 0 spiro atoms. The average Bonchev–Trinajstić information content (AvgIpc) is 2.74. The minimum absolute atomic E-state index is 0.0531. The van der Waals surface area contributed by atoms with Gasteiger partial charge in [-0.1, -0.05) is 23.0 Å². The topological polar surface area (TPSA) is 69.8 Å². The second-order valence-electron chi connectivity index (χ2n) is 3.71. The van der Waals surface area contributed by atoms with Crippen LogP contribution in [-0.4, -0.2) is 18.7 Å². The second kappa shape index (κ2) is 5.45. The number of halogens is 1. The molecule has 0 unspecified atom stereocenters. The van der Waals surface area contributed by atoms with Gasteiger partial charge in [-0.3, -0.25) is 9.36 Å². The largest absolute Gasteiger partial charge is 0.331 e. The molecule has 96 valence electrons. The number of nitrogens with zero attached hydrogens (tertiary/aromatic N) is 4. The first-order valence-electron chi connectivity index (χ1n) is 5.40. The van der Waals surface area contributed by atoms with Gasteiger partial charge < -0.3 is 4.57 Å². The van der Waals surface area contributed by atoms with E-state index in [1.165, 1.54) is 16.8 Å². The maximum absolute atomic E-state index is 12.1. The molecule has 0 atom stereocenters. The molecule has 18 heavy (non-hydrogen) atoms. The Kier molecular flexibility index (Phi) is 3.93. The summed E-state index contributed by atoms with van der Waals surface area (Å²) in [5.41, 5.74) is -0.278. The Labute approximate surface area is 112 Å². The predicted molar refractivity (Wildman–Crippen MR) is 69.3 cm³/mol. The summed E-state index contributed by atoms with van der Waals surface area (Å²) in [6, 6.07) is 1.37. The summed E-state index contributed by atoms with van der Waals surface area (Å²) in [6.07, 6.45) is 2.32. The number of rotatable bonds is 4. The first kappa shape index (κ1) is 13.0. The van der Waals surface area contributed by atoms with E-state index < -0.39 is 0 Å². The van der Waals surface area contributed by atoms with E-state index in [0.717, 1.165) is 22.5 Å². The van der Waals surface area contributed by atoms with Crippen molar-refractivity contribution in [2.75, 3.05) is 0 Å². The molecule has 0 aliphatic rings. The average molecular weight is 287 g/mol. The van der Waals surface area contributed by atoms with Crippen LogP contribution in [0.5, 0.6) is 0 Å². The number of aryl methyl sites for hydroxylation is 1. The van der Waals surface area contributed by atoms with Gasteiger partial charge in [0.2, 0.25) is 0 Å². The Morgan fingerprint density at radius 3 is 2.83 bits per heavy atom. The molecular formula is C10H11ClN4O2S. The summed E-state index contributed by atoms with van der Waals surface area (Å²) in [7, 11) is 0. The van der Waals surface area contributed by atoms with Crippen molar-refractivity contribution < 1.29 is 0 Å². The Hall–Kier alpha value is -1.47. The summed E-state index contributed by atoms with van der Waals surface area (Å²) in [6.45, 7) is 2.59. The number of aromatic nitrogens is 4. The van der Waals surface area contributed by atoms with E-state index in [1.54, 1.807) is 0 Å². The van der Waals surface area contributed by atoms with Gasteiger partial charge in [-0.25, -0.2) is 4.79 Å². The van der Waals surface area contributed by atoms with Crippen LogP contribution in [0.1, 0.15) is 19.0 Å². The van der Waals surface area contributed by atoms with Crippen LogP contribution in [0.25, 0.3) is 0 Å². The Morgan fingerprint density at radius 2 is 2.22 bits per heavy atom. The van der Waals surface area contributed by atoms with Crippen molar-refractivity contribution >= 4 is 23.1 Å². The monoisotopic (exact) mass is 286 g/mol. The van der Waals surface area contributed by atoms with Crippen LogP contribution >= 0.6 is 23.1 Å². The fraction of sp³-hybridized carbons (Fsp3) is 0.400. The third kappa shape index (κ3) is 2.51. The molecule has 0 bridgehead atoms. The van der Waals surface area contributed by atoms with Crippen LogP contribution in [0.2, 0.25) is 4.34 Å². The highest BCUT2D eigenvalue weighted by molar-refractivity contribution is 7.10. The molecule has 2 heterocycles. The van der Waals surface area contributed by atoms with Crippen molar-refractivity contribution in [3.05, 3.63) is 43.1 Å². The minimum Gasteiger partial charge on any atom is -0.300 e. The molecule has 0 aromatic carbocycles. The van der Waals surface area contributed by atoms with E-state index in [4.69, 9.17) is 11.6 Å². The van der Waals surface area contributed by atoms with Crippen molar-refractivity contribution in [2.24, 2.45) is 0 Å². The molecule has 6 nitrogen and oxygen atoms in total. The lowest BCUT2D eigenvalue weighted by molar-refractivity contribution is 0.567. The van der Waals surface area contributed by atoms with E-state index in [1.807, 2.05) is 6.92 Å². The standard InChI is InChI=1S/C10H11ClN4O2S/c1-2-4-14-5-3-8(16)15(10(14)17)6-7-9(11)18-13-12-7/h3,5H,2,4,6H2,1H3. The molecular weight excluding hydrogens is 276 g/mol. The van der Waals surface area contributed by atoms with Gasteiger partial charge in [-0.15, -0.1) is 5.10 Å². The van der Waals surface area contributed by atoms with Crippen molar-refractivity contribution in [2.45, 2.75) is 26.4 Å². The summed E-state index contributed by atoms with van der Waals surface area (Å²) < 4.78 is 6.67. The van der Waals surface area contributed by atoms with E-state index in [0.29, 0.717) is 16.6 Å². The van der Waals surface area contributed by atoms with Gasteiger partial charge in [0, 0.05) is 30.3 Å². The van der Waals surface area contributed by atoms with Crippen molar-refractivity contribution in [3.8, 4) is 0 Å². The third-order valence-electron chi connectivity index (χ3n) is 2.42. The SMILES string of the molecule is CCCn1ccc(=O)n(Cc2nnsc2Cl)c1=O. The summed E-state index contributed by atoms with van der Waals surface area (Å²) in [4.78, 5) is 23.8. The normalized spacial score (nSPS) is 10.8. The van der Waals surface area contributed by atoms with Gasteiger partial charge in [-0.2, -0.15) is 0 Å². The summed E-state index contributed by atoms with van der Waals surface area (Å²) in [5, 5.41) is 3.80. The summed E-state index contributed by atoms with van der Waals surface area (Å²) >= 11 is 6.89. The lowest BCUT2D eigenvalue weighted by Gasteiger charge is -2.07. The number of hydrogen-bond donors (Lipinski definition) is 0. The molecule has 0 N–H and O–H groups in total. The van der Waals surface area contributed by atoms with Gasteiger partial charge in [0.05, 0.1) is 6.54 Å². The van der Waals surface area contributed by atoms with Crippen LogP contribution in [0.3, 0.4) is 0 Å². The van der Waals surface area contributed by atoms with Gasteiger partial charge in [-0.05, 0) is 6.42 Å². The van der Waals surface area contributed by atoms with Crippen LogP contribution in [0, 0.1) is 0 Å². The Morgan fingerprint density at radius 1 is 1.44 bits per heavy atom. The highest BCUT2D eigenvalue weighted by atomic mass is 35.5. The van der Waals surface area contributed by atoms with Crippen molar-refractivity contribution in [3.63, 3.8) is 0 Å².